The number of nitrogens with zero attached hydrogens (tertiary/aromatic N) is 2. The minimum atomic E-state index is -3.52. The Morgan fingerprint density at radius 3 is 2.83 bits per heavy atom. The first-order chi connectivity index (χ1) is 8.50. The van der Waals surface area contributed by atoms with E-state index >= 15 is 0 Å². The van der Waals surface area contributed by atoms with E-state index in [0.717, 1.165) is 4.88 Å². The lowest BCUT2D eigenvalue weighted by atomic mass is 10.5. The van der Waals surface area contributed by atoms with Crippen LogP contribution in [0.15, 0.2) is 40.7 Å². The van der Waals surface area contributed by atoms with Crippen molar-refractivity contribution in [3.05, 3.63) is 45.9 Å². The van der Waals surface area contributed by atoms with Gasteiger partial charge in [0.15, 0.2) is 0 Å². The van der Waals surface area contributed by atoms with Crippen LogP contribution >= 0.6 is 22.9 Å². The summed E-state index contributed by atoms with van der Waals surface area (Å²) in [5, 5.41) is 2.08. The molecule has 2 heterocycles. The van der Waals surface area contributed by atoms with Crippen LogP contribution in [0.5, 0.6) is 0 Å². The first-order valence-corrected chi connectivity index (χ1v) is 7.80. The van der Waals surface area contributed by atoms with Crippen molar-refractivity contribution in [2.75, 3.05) is 7.05 Å². The van der Waals surface area contributed by atoms with Crippen molar-refractivity contribution in [1.82, 2.24) is 9.29 Å². The molecule has 7 heteroatoms. The van der Waals surface area contributed by atoms with Crippen molar-refractivity contribution >= 4 is 33.0 Å². The van der Waals surface area contributed by atoms with Crippen molar-refractivity contribution in [2.24, 2.45) is 0 Å². The van der Waals surface area contributed by atoms with Crippen molar-refractivity contribution in [3.63, 3.8) is 0 Å². The summed E-state index contributed by atoms with van der Waals surface area (Å²) in [5.74, 6) is 0. The van der Waals surface area contributed by atoms with Gasteiger partial charge in [-0.2, -0.15) is 4.31 Å². The van der Waals surface area contributed by atoms with Gasteiger partial charge in [0.1, 0.15) is 5.15 Å². The maximum atomic E-state index is 12.3. The van der Waals surface area contributed by atoms with Crippen molar-refractivity contribution < 1.29 is 8.42 Å². The van der Waals surface area contributed by atoms with Gasteiger partial charge in [0, 0.05) is 24.7 Å². The molecule has 0 atom stereocenters. The molecular formula is C11H11ClN2O2S2. The number of aromatic nitrogens is 1. The molecule has 0 fully saturated rings. The fraction of sp³-hybridized carbons (Fsp3) is 0.182. The van der Waals surface area contributed by atoms with Gasteiger partial charge in [-0.25, -0.2) is 13.4 Å². The van der Waals surface area contributed by atoms with Gasteiger partial charge in [0.05, 0.1) is 4.90 Å². The van der Waals surface area contributed by atoms with Gasteiger partial charge in [0.25, 0.3) is 0 Å². The lowest BCUT2D eigenvalue weighted by molar-refractivity contribution is 0.469. The van der Waals surface area contributed by atoms with Gasteiger partial charge in [-0.05, 0) is 23.6 Å². The van der Waals surface area contributed by atoms with Crippen molar-refractivity contribution in [1.29, 1.82) is 0 Å². The molecule has 0 aliphatic carbocycles. The summed E-state index contributed by atoms with van der Waals surface area (Å²) in [6.07, 6.45) is 1.38. The van der Waals surface area contributed by atoms with E-state index in [1.165, 1.54) is 34.0 Å². The Morgan fingerprint density at radius 1 is 1.44 bits per heavy atom. The molecule has 18 heavy (non-hydrogen) atoms. The first kappa shape index (κ1) is 13.5. The predicted octanol–water partition coefficient (Wildman–Crippen LogP) is 2.62. The van der Waals surface area contributed by atoms with Crippen molar-refractivity contribution in [3.8, 4) is 0 Å². The molecule has 0 N–H and O–H groups in total. The average molecular weight is 303 g/mol. The largest absolute Gasteiger partial charge is 0.244 e. The Kier molecular flexibility index (Phi) is 4.01. The molecule has 0 aromatic carbocycles. The van der Waals surface area contributed by atoms with Crippen LogP contribution in [0.2, 0.25) is 5.15 Å². The monoisotopic (exact) mass is 302 g/mol. The summed E-state index contributed by atoms with van der Waals surface area (Å²) >= 11 is 7.23. The van der Waals surface area contributed by atoms with Crippen LogP contribution in [0, 0.1) is 0 Å². The molecule has 4 nitrogen and oxygen atoms in total. The van der Waals surface area contributed by atoms with Crippen LogP contribution in [0.25, 0.3) is 0 Å². The molecule has 2 aromatic rings. The summed E-state index contributed by atoms with van der Waals surface area (Å²) in [6, 6.07) is 6.58. The predicted molar refractivity (Wildman–Crippen MR) is 72.2 cm³/mol. The molecular weight excluding hydrogens is 292 g/mol. The summed E-state index contributed by atoms with van der Waals surface area (Å²) in [7, 11) is -1.98. The summed E-state index contributed by atoms with van der Waals surface area (Å²) < 4.78 is 25.8. The Labute approximate surface area is 115 Å². The molecule has 0 saturated carbocycles. The standard InChI is InChI=1S/C11H11ClN2O2S2/c1-14(8-9-3-2-6-17-9)18(15,16)10-4-5-13-11(12)7-10/h2-7H,8H2,1H3. The third-order valence-electron chi connectivity index (χ3n) is 2.36. The quantitative estimate of drug-likeness (QED) is 0.816. The lowest BCUT2D eigenvalue weighted by Gasteiger charge is -2.16. The Balaban J connectivity index is 2.25. The number of halogens is 1. The van der Waals surface area contributed by atoms with Crippen LogP contribution in [0.3, 0.4) is 0 Å². The zero-order chi connectivity index (χ0) is 13.2. The number of hydrogen-bond acceptors (Lipinski definition) is 4. The summed E-state index contributed by atoms with van der Waals surface area (Å²) in [4.78, 5) is 4.91. The number of thiophene rings is 1. The van der Waals surface area contributed by atoms with Gasteiger partial charge in [-0.1, -0.05) is 17.7 Å². The molecule has 0 aliphatic heterocycles. The van der Waals surface area contributed by atoms with Crippen LogP contribution in [-0.4, -0.2) is 24.8 Å². The van der Waals surface area contributed by atoms with E-state index in [-0.39, 0.29) is 10.0 Å². The highest BCUT2D eigenvalue weighted by Crippen LogP contribution is 2.20. The number of rotatable bonds is 4. The summed E-state index contributed by atoms with van der Waals surface area (Å²) in [5.41, 5.74) is 0. The van der Waals surface area contributed by atoms with Gasteiger partial charge >= 0.3 is 0 Å². The maximum absolute atomic E-state index is 12.3. The topological polar surface area (TPSA) is 50.3 Å². The SMILES string of the molecule is CN(Cc1cccs1)S(=O)(=O)c1ccnc(Cl)c1. The smallest absolute Gasteiger partial charge is 0.243 e. The Hall–Kier alpha value is -0.950. The molecule has 2 aromatic heterocycles. The molecule has 0 aliphatic rings. The highest BCUT2D eigenvalue weighted by atomic mass is 35.5. The zero-order valence-corrected chi connectivity index (χ0v) is 12.0. The molecule has 96 valence electrons. The number of sulfonamides is 1. The van der Waals surface area contributed by atoms with Gasteiger partial charge in [-0.3, -0.25) is 0 Å². The Morgan fingerprint density at radius 2 is 2.22 bits per heavy atom. The Bertz CT molecular complexity index is 626. The second-order valence-electron chi connectivity index (χ2n) is 3.65. The molecule has 0 spiro atoms. The van der Waals surface area contributed by atoms with E-state index in [2.05, 4.69) is 4.98 Å². The average Bonchev–Trinajstić information content (AvgIpc) is 2.81. The van der Waals surface area contributed by atoms with Gasteiger partial charge < -0.3 is 0 Å². The molecule has 0 radical (unpaired) electrons. The molecule has 0 bridgehead atoms. The minimum absolute atomic E-state index is 0.154. The van der Waals surface area contributed by atoms with Gasteiger partial charge in [-0.15, -0.1) is 11.3 Å². The third-order valence-corrected chi connectivity index (χ3v) is 5.23. The first-order valence-electron chi connectivity index (χ1n) is 5.10. The van der Waals surface area contributed by atoms with E-state index in [4.69, 9.17) is 11.6 Å². The zero-order valence-electron chi connectivity index (χ0n) is 9.58. The number of pyridine rings is 1. The highest BCUT2D eigenvalue weighted by molar-refractivity contribution is 7.89. The van der Waals surface area contributed by atoms with Gasteiger partial charge in [0.2, 0.25) is 10.0 Å². The van der Waals surface area contributed by atoms with Crippen LogP contribution in [0.1, 0.15) is 4.88 Å². The molecule has 2 rings (SSSR count). The third kappa shape index (κ3) is 2.89. The molecule has 0 unspecified atom stereocenters. The van der Waals surface area contributed by atoms with E-state index in [0.29, 0.717) is 6.54 Å². The molecule has 0 amide bonds. The second kappa shape index (κ2) is 5.36. The summed E-state index contributed by atoms with van der Waals surface area (Å²) in [6.45, 7) is 0.347. The highest BCUT2D eigenvalue weighted by Gasteiger charge is 2.21. The lowest BCUT2D eigenvalue weighted by Crippen LogP contribution is -2.26. The van der Waals surface area contributed by atoms with E-state index in [1.54, 1.807) is 7.05 Å². The fourth-order valence-corrected chi connectivity index (χ4v) is 3.67. The number of hydrogen-bond donors (Lipinski definition) is 0. The van der Waals surface area contributed by atoms with Crippen molar-refractivity contribution in [2.45, 2.75) is 11.4 Å². The van der Waals surface area contributed by atoms with Crippen LogP contribution < -0.4 is 0 Å². The maximum Gasteiger partial charge on any atom is 0.243 e. The van der Waals surface area contributed by atoms with E-state index in [1.807, 2.05) is 17.5 Å². The second-order valence-corrected chi connectivity index (χ2v) is 7.12. The van der Waals surface area contributed by atoms with E-state index in [9.17, 15) is 8.42 Å². The van der Waals surface area contributed by atoms with Crippen LogP contribution in [-0.2, 0) is 16.6 Å². The molecule has 0 saturated heterocycles. The fourth-order valence-electron chi connectivity index (χ4n) is 1.43. The van der Waals surface area contributed by atoms with E-state index < -0.39 is 10.0 Å². The minimum Gasteiger partial charge on any atom is -0.244 e. The normalized spacial score (nSPS) is 11.9. The van der Waals surface area contributed by atoms with Crippen LogP contribution in [0.4, 0.5) is 0 Å².